The third kappa shape index (κ3) is 0.859. The predicted molar refractivity (Wildman–Crippen MR) is 46.1 cm³/mol. The molecule has 0 heterocycles. The minimum absolute atomic E-state index is 0.00752. The molecule has 0 aromatic carbocycles. The summed E-state index contributed by atoms with van der Waals surface area (Å²) in [5, 5.41) is 0. The van der Waals surface area contributed by atoms with Gasteiger partial charge in [-0.05, 0) is 38.0 Å². The summed E-state index contributed by atoms with van der Waals surface area (Å²) in [7, 11) is 0. The average Bonchev–Trinajstić information content (AvgIpc) is 2.16. The number of fused-ring (bicyclic) bond motifs is 1. The second kappa shape index (κ2) is 1.99. The van der Waals surface area contributed by atoms with Gasteiger partial charge in [-0.25, -0.2) is 0 Å². The summed E-state index contributed by atoms with van der Waals surface area (Å²) in [6.07, 6.45) is 5.81. The summed E-state index contributed by atoms with van der Waals surface area (Å²) in [6.45, 7) is 2.27. The molecule has 0 aliphatic heterocycles. The fourth-order valence-electron chi connectivity index (χ4n) is 3.14. The number of hydrogen-bond acceptors (Lipinski definition) is 2. The molecule has 2 aliphatic carbocycles. The first-order valence-corrected chi connectivity index (χ1v) is 4.64. The molecule has 0 radical (unpaired) electrons. The van der Waals surface area contributed by atoms with Gasteiger partial charge in [0.1, 0.15) is 0 Å². The Morgan fingerprint density at radius 2 is 1.55 bits per heavy atom. The second-order valence-electron chi connectivity index (χ2n) is 4.68. The Balaban J connectivity index is 2.28. The van der Waals surface area contributed by atoms with Crippen molar-refractivity contribution in [3.63, 3.8) is 0 Å². The molecule has 0 bridgehead atoms. The molecule has 2 aliphatic rings. The molecule has 4 N–H and O–H groups in total. The first-order chi connectivity index (χ1) is 5.06. The highest BCUT2D eigenvalue weighted by Gasteiger charge is 2.55. The maximum absolute atomic E-state index is 6.26. The van der Waals surface area contributed by atoms with Crippen LogP contribution in [0.25, 0.3) is 0 Å². The van der Waals surface area contributed by atoms with Crippen molar-refractivity contribution in [2.45, 2.75) is 50.1 Å². The molecule has 2 heteroatoms. The molecule has 3 atom stereocenters. The minimum atomic E-state index is -0.00752. The van der Waals surface area contributed by atoms with Crippen LogP contribution in [-0.2, 0) is 0 Å². The van der Waals surface area contributed by atoms with E-state index in [0.29, 0.717) is 0 Å². The molecule has 2 saturated carbocycles. The standard InChI is InChI=1S/C9H18N2/c1-7-5-8(10)3-2-4-9(8,11)6-7/h7H,2-6,10-11H2,1H3/t7?,8-,9?/m0/s1. The summed E-state index contributed by atoms with van der Waals surface area (Å²) < 4.78 is 0. The lowest BCUT2D eigenvalue weighted by Gasteiger charge is -2.33. The van der Waals surface area contributed by atoms with Crippen LogP contribution in [0.3, 0.4) is 0 Å². The van der Waals surface area contributed by atoms with Crippen LogP contribution in [-0.4, -0.2) is 11.1 Å². The highest BCUT2D eigenvalue weighted by molar-refractivity contribution is 5.16. The van der Waals surface area contributed by atoms with Crippen molar-refractivity contribution in [2.75, 3.05) is 0 Å². The highest BCUT2D eigenvalue weighted by atomic mass is 15.0. The van der Waals surface area contributed by atoms with E-state index in [4.69, 9.17) is 11.5 Å². The Kier molecular flexibility index (Phi) is 1.37. The van der Waals surface area contributed by atoms with Crippen LogP contribution in [0.5, 0.6) is 0 Å². The van der Waals surface area contributed by atoms with Gasteiger partial charge in [0, 0.05) is 11.1 Å². The summed E-state index contributed by atoms with van der Waals surface area (Å²) in [5.41, 5.74) is 12.5. The lowest BCUT2D eigenvalue weighted by atomic mass is 9.85. The van der Waals surface area contributed by atoms with Crippen LogP contribution in [0, 0.1) is 5.92 Å². The Hall–Kier alpha value is -0.0800. The van der Waals surface area contributed by atoms with Crippen molar-refractivity contribution >= 4 is 0 Å². The summed E-state index contributed by atoms with van der Waals surface area (Å²) in [6, 6.07) is 0. The van der Waals surface area contributed by atoms with E-state index in [2.05, 4.69) is 6.92 Å². The van der Waals surface area contributed by atoms with E-state index in [0.717, 1.165) is 31.6 Å². The van der Waals surface area contributed by atoms with Crippen molar-refractivity contribution in [3.8, 4) is 0 Å². The van der Waals surface area contributed by atoms with Crippen molar-refractivity contribution in [3.05, 3.63) is 0 Å². The van der Waals surface area contributed by atoms with Crippen LogP contribution >= 0.6 is 0 Å². The zero-order chi connectivity index (χ0) is 8.11. The Morgan fingerprint density at radius 1 is 1.09 bits per heavy atom. The molecule has 2 rings (SSSR count). The van der Waals surface area contributed by atoms with Crippen molar-refractivity contribution in [1.82, 2.24) is 0 Å². The summed E-state index contributed by atoms with van der Waals surface area (Å²) >= 11 is 0. The van der Waals surface area contributed by atoms with Crippen LogP contribution in [0.4, 0.5) is 0 Å². The van der Waals surface area contributed by atoms with Gasteiger partial charge < -0.3 is 11.5 Å². The van der Waals surface area contributed by atoms with Crippen molar-refractivity contribution in [1.29, 1.82) is 0 Å². The number of nitrogens with two attached hydrogens (primary N) is 2. The predicted octanol–water partition coefficient (Wildman–Crippen LogP) is 0.995. The summed E-state index contributed by atoms with van der Waals surface area (Å²) in [4.78, 5) is 0. The van der Waals surface area contributed by atoms with E-state index in [1.165, 1.54) is 6.42 Å². The second-order valence-corrected chi connectivity index (χ2v) is 4.68. The Labute approximate surface area is 68.3 Å². The topological polar surface area (TPSA) is 52.0 Å². The van der Waals surface area contributed by atoms with E-state index in [9.17, 15) is 0 Å². The van der Waals surface area contributed by atoms with E-state index < -0.39 is 0 Å². The van der Waals surface area contributed by atoms with Gasteiger partial charge in [0.05, 0.1) is 0 Å². The van der Waals surface area contributed by atoms with Crippen LogP contribution in [0.15, 0.2) is 0 Å². The first-order valence-electron chi connectivity index (χ1n) is 4.64. The molecule has 2 nitrogen and oxygen atoms in total. The lowest BCUT2D eigenvalue weighted by molar-refractivity contribution is 0.309. The third-order valence-electron chi connectivity index (χ3n) is 3.66. The summed E-state index contributed by atoms with van der Waals surface area (Å²) in [5.74, 6) is 0.741. The average molecular weight is 154 g/mol. The Bertz CT molecular complexity index is 162. The lowest BCUT2D eigenvalue weighted by Crippen LogP contribution is -2.58. The molecule has 2 unspecified atom stereocenters. The van der Waals surface area contributed by atoms with Gasteiger partial charge in [-0.2, -0.15) is 0 Å². The number of hydrogen-bond donors (Lipinski definition) is 2. The fourth-order valence-corrected chi connectivity index (χ4v) is 3.14. The molecule has 0 saturated heterocycles. The maximum atomic E-state index is 6.26. The van der Waals surface area contributed by atoms with Gasteiger partial charge in [-0.3, -0.25) is 0 Å². The molecule has 11 heavy (non-hydrogen) atoms. The van der Waals surface area contributed by atoms with Crippen LogP contribution in [0.2, 0.25) is 0 Å². The van der Waals surface area contributed by atoms with E-state index in [-0.39, 0.29) is 11.1 Å². The normalized spacial score (nSPS) is 56.5. The maximum Gasteiger partial charge on any atom is 0.0339 e. The van der Waals surface area contributed by atoms with Crippen molar-refractivity contribution < 1.29 is 0 Å². The zero-order valence-electron chi connectivity index (χ0n) is 7.27. The molecular weight excluding hydrogens is 136 g/mol. The van der Waals surface area contributed by atoms with Gasteiger partial charge in [0.25, 0.3) is 0 Å². The smallest absolute Gasteiger partial charge is 0.0339 e. The molecule has 64 valence electrons. The number of rotatable bonds is 0. The quantitative estimate of drug-likeness (QED) is 0.547. The molecule has 0 aromatic rings. The van der Waals surface area contributed by atoms with E-state index in [1.54, 1.807) is 0 Å². The van der Waals surface area contributed by atoms with Gasteiger partial charge in [0.15, 0.2) is 0 Å². The van der Waals surface area contributed by atoms with Gasteiger partial charge in [-0.1, -0.05) is 6.92 Å². The molecular formula is C9H18N2. The Morgan fingerprint density at radius 3 is 2.00 bits per heavy atom. The molecule has 0 amide bonds. The van der Waals surface area contributed by atoms with E-state index >= 15 is 0 Å². The van der Waals surface area contributed by atoms with Crippen LogP contribution in [0.1, 0.15) is 39.0 Å². The largest absolute Gasteiger partial charge is 0.324 e. The fraction of sp³-hybridized carbons (Fsp3) is 1.00. The van der Waals surface area contributed by atoms with Crippen LogP contribution < -0.4 is 11.5 Å². The van der Waals surface area contributed by atoms with Gasteiger partial charge >= 0.3 is 0 Å². The SMILES string of the molecule is CC1CC2(N)CCC[C@]2(N)C1. The highest BCUT2D eigenvalue weighted by Crippen LogP contribution is 2.49. The van der Waals surface area contributed by atoms with Gasteiger partial charge in [-0.15, -0.1) is 0 Å². The molecule has 0 aromatic heterocycles. The first kappa shape index (κ1) is 7.56. The minimum Gasteiger partial charge on any atom is -0.324 e. The van der Waals surface area contributed by atoms with Crippen molar-refractivity contribution in [2.24, 2.45) is 17.4 Å². The monoisotopic (exact) mass is 154 g/mol. The van der Waals surface area contributed by atoms with Gasteiger partial charge in [0.2, 0.25) is 0 Å². The molecule has 2 fully saturated rings. The third-order valence-corrected chi connectivity index (χ3v) is 3.66. The molecule has 0 spiro atoms. The zero-order valence-corrected chi connectivity index (χ0v) is 7.27. The van der Waals surface area contributed by atoms with E-state index in [1.807, 2.05) is 0 Å².